The molecule has 1 aromatic heterocycles. The minimum Gasteiger partial charge on any atom is -0.391 e. The van der Waals surface area contributed by atoms with Gasteiger partial charge in [-0.1, -0.05) is 23.4 Å². The topological polar surface area (TPSA) is 49.2 Å². The second-order valence-electron chi connectivity index (χ2n) is 4.24. The molecule has 0 amide bonds. The molecule has 1 N–H and O–H groups in total. The molecule has 1 saturated carbocycles. The van der Waals surface area contributed by atoms with Crippen molar-refractivity contribution in [1.29, 1.82) is 0 Å². The van der Waals surface area contributed by atoms with Crippen LogP contribution in [-0.4, -0.2) is 40.0 Å². The highest BCUT2D eigenvalue weighted by atomic mass is 35.5. The highest BCUT2D eigenvalue weighted by Crippen LogP contribution is 2.43. The molecule has 1 aromatic rings. The van der Waals surface area contributed by atoms with Gasteiger partial charge < -0.3 is 10.0 Å². The van der Waals surface area contributed by atoms with Crippen LogP contribution in [-0.2, 0) is 0 Å². The summed E-state index contributed by atoms with van der Waals surface area (Å²) in [5.41, 5.74) is 0. The number of aliphatic hydroxyl groups is 1. The first-order valence-corrected chi connectivity index (χ1v) is 6.82. The summed E-state index contributed by atoms with van der Waals surface area (Å²) >= 11 is 7.43. The Hall–Kier alpha value is -0.520. The number of aromatic nitrogens is 2. The van der Waals surface area contributed by atoms with Crippen LogP contribution in [0.1, 0.15) is 6.42 Å². The normalized spacial score (nSPS) is 31.7. The molecule has 3 fully saturated rings. The van der Waals surface area contributed by atoms with Gasteiger partial charge in [0.2, 0.25) is 0 Å². The van der Waals surface area contributed by atoms with Crippen molar-refractivity contribution in [2.45, 2.75) is 23.7 Å². The Labute approximate surface area is 103 Å². The number of halogens is 1. The fourth-order valence-corrected chi connectivity index (χ4v) is 3.08. The lowest BCUT2D eigenvalue weighted by atomic mass is 9.83. The highest BCUT2D eigenvalue weighted by molar-refractivity contribution is 7.98. The number of aliphatic hydroxyl groups excluding tert-OH is 1. The summed E-state index contributed by atoms with van der Waals surface area (Å²) < 4.78 is 0. The van der Waals surface area contributed by atoms with E-state index >= 15 is 0 Å². The summed E-state index contributed by atoms with van der Waals surface area (Å²) in [6.45, 7) is 0.882. The van der Waals surface area contributed by atoms with Crippen molar-refractivity contribution in [3.63, 3.8) is 0 Å². The van der Waals surface area contributed by atoms with Crippen LogP contribution in [0.4, 0.5) is 5.82 Å². The molecule has 4 nitrogen and oxygen atoms in total. The Balaban J connectivity index is 1.92. The van der Waals surface area contributed by atoms with Gasteiger partial charge in [-0.3, -0.25) is 0 Å². The zero-order valence-corrected chi connectivity index (χ0v) is 10.4. The first kappa shape index (κ1) is 10.6. The van der Waals surface area contributed by atoms with Crippen LogP contribution in [0, 0.1) is 5.92 Å². The maximum atomic E-state index is 9.75. The van der Waals surface area contributed by atoms with Crippen molar-refractivity contribution in [3.05, 3.63) is 11.2 Å². The van der Waals surface area contributed by atoms with Crippen LogP contribution >= 0.6 is 23.4 Å². The second kappa shape index (κ2) is 3.75. The van der Waals surface area contributed by atoms with Crippen LogP contribution in [0.25, 0.3) is 0 Å². The molecule has 16 heavy (non-hydrogen) atoms. The minimum atomic E-state index is -0.188. The maximum absolute atomic E-state index is 9.75. The van der Waals surface area contributed by atoms with E-state index in [2.05, 4.69) is 14.9 Å². The van der Waals surface area contributed by atoms with Gasteiger partial charge in [-0.2, -0.15) is 0 Å². The molecule has 2 aliphatic heterocycles. The molecule has 3 aliphatic rings. The van der Waals surface area contributed by atoms with E-state index in [0.29, 0.717) is 16.2 Å². The monoisotopic (exact) mass is 257 g/mol. The maximum Gasteiger partial charge on any atom is 0.190 e. The Morgan fingerprint density at radius 3 is 2.94 bits per heavy atom. The molecule has 86 valence electrons. The summed E-state index contributed by atoms with van der Waals surface area (Å²) in [7, 11) is 0. The highest BCUT2D eigenvalue weighted by Gasteiger charge is 2.51. The minimum absolute atomic E-state index is 0.188. The summed E-state index contributed by atoms with van der Waals surface area (Å²) in [5, 5.41) is 10.9. The largest absolute Gasteiger partial charge is 0.391 e. The lowest BCUT2D eigenvalue weighted by Crippen LogP contribution is -2.43. The predicted molar refractivity (Wildman–Crippen MR) is 64.1 cm³/mol. The van der Waals surface area contributed by atoms with E-state index in [1.54, 1.807) is 6.07 Å². The van der Waals surface area contributed by atoms with Gasteiger partial charge in [-0.15, -0.1) is 0 Å². The van der Waals surface area contributed by atoms with Crippen molar-refractivity contribution in [3.8, 4) is 0 Å². The summed E-state index contributed by atoms with van der Waals surface area (Å²) in [6, 6.07) is 2.00. The fourth-order valence-electron chi connectivity index (χ4n) is 2.48. The van der Waals surface area contributed by atoms with Gasteiger partial charge in [0.1, 0.15) is 11.0 Å². The average molecular weight is 258 g/mol. The van der Waals surface area contributed by atoms with E-state index in [4.69, 9.17) is 11.6 Å². The lowest BCUT2D eigenvalue weighted by Gasteiger charge is -2.32. The number of thioether (sulfide) groups is 1. The van der Waals surface area contributed by atoms with Crippen LogP contribution in [0.2, 0.25) is 5.15 Å². The molecule has 3 atom stereocenters. The number of hydrogen-bond donors (Lipinski definition) is 1. The molecule has 0 spiro atoms. The Bertz CT molecular complexity index is 431. The average Bonchev–Trinajstić information content (AvgIpc) is 2.85. The van der Waals surface area contributed by atoms with Crippen LogP contribution in [0.5, 0.6) is 0 Å². The molecular weight excluding hydrogens is 246 g/mol. The standard InChI is InChI=1S/C10H12ClN3OS/c1-16-10-12-7(11)3-8(13-10)14-4-5-2-6(14)9(5)15/h3,5-6,9,15H,2,4H2,1H3/t5?,6-,9+/m0/s1. The van der Waals surface area contributed by atoms with Gasteiger partial charge in [0.15, 0.2) is 5.16 Å². The smallest absolute Gasteiger partial charge is 0.190 e. The molecule has 2 bridgehead atoms. The summed E-state index contributed by atoms with van der Waals surface area (Å²) in [4.78, 5) is 10.7. The number of hydrogen-bond acceptors (Lipinski definition) is 5. The third-order valence-corrected chi connectivity index (χ3v) is 4.13. The van der Waals surface area contributed by atoms with Crippen LogP contribution < -0.4 is 4.90 Å². The number of rotatable bonds is 2. The van der Waals surface area contributed by atoms with E-state index in [1.807, 2.05) is 6.26 Å². The lowest BCUT2D eigenvalue weighted by molar-refractivity contribution is 0.0482. The van der Waals surface area contributed by atoms with Gasteiger partial charge in [-0.05, 0) is 12.7 Å². The van der Waals surface area contributed by atoms with Crippen LogP contribution in [0.15, 0.2) is 11.2 Å². The molecule has 3 heterocycles. The summed E-state index contributed by atoms with van der Waals surface area (Å²) in [6.07, 6.45) is 2.80. The Morgan fingerprint density at radius 1 is 1.56 bits per heavy atom. The van der Waals surface area contributed by atoms with E-state index in [1.165, 1.54) is 11.8 Å². The van der Waals surface area contributed by atoms with Gasteiger partial charge in [-0.25, -0.2) is 9.97 Å². The first-order valence-electron chi connectivity index (χ1n) is 5.22. The number of nitrogens with zero attached hydrogens (tertiary/aromatic N) is 3. The quantitative estimate of drug-likeness (QED) is 0.493. The third-order valence-electron chi connectivity index (χ3n) is 3.39. The zero-order valence-electron chi connectivity index (χ0n) is 8.80. The molecule has 4 rings (SSSR count). The number of anilines is 1. The van der Waals surface area contributed by atoms with E-state index in [-0.39, 0.29) is 12.1 Å². The molecule has 0 radical (unpaired) electrons. The molecule has 1 unspecified atom stereocenters. The second-order valence-corrected chi connectivity index (χ2v) is 5.40. The molecular formula is C10H12ClN3OS. The van der Waals surface area contributed by atoms with Gasteiger partial charge in [0.25, 0.3) is 0 Å². The Morgan fingerprint density at radius 2 is 2.38 bits per heavy atom. The predicted octanol–water partition coefficient (Wildman–Crippen LogP) is 1.42. The van der Waals surface area contributed by atoms with Crippen LogP contribution in [0.3, 0.4) is 0 Å². The molecule has 0 aromatic carbocycles. The van der Waals surface area contributed by atoms with E-state index in [0.717, 1.165) is 18.8 Å². The number of fused-ring (bicyclic) bond motifs is 1. The van der Waals surface area contributed by atoms with Crippen molar-refractivity contribution < 1.29 is 5.11 Å². The third kappa shape index (κ3) is 1.49. The molecule has 1 aliphatic carbocycles. The SMILES string of the molecule is CSc1nc(Cl)cc(N2CC3C[C@H]2[C@@H]3O)n1. The summed E-state index contributed by atoms with van der Waals surface area (Å²) in [5.74, 6) is 1.25. The van der Waals surface area contributed by atoms with Gasteiger partial charge >= 0.3 is 0 Å². The Kier molecular flexibility index (Phi) is 2.49. The molecule has 2 saturated heterocycles. The van der Waals surface area contributed by atoms with Gasteiger partial charge in [0.05, 0.1) is 12.1 Å². The van der Waals surface area contributed by atoms with Crippen molar-refractivity contribution in [2.75, 3.05) is 17.7 Å². The molecule has 6 heteroatoms. The van der Waals surface area contributed by atoms with E-state index < -0.39 is 0 Å². The van der Waals surface area contributed by atoms with Crippen molar-refractivity contribution in [1.82, 2.24) is 9.97 Å². The first-order chi connectivity index (χ1) is 7.69. The van der Waals surface area contributed by atoms with Gasteiger partial charge in [0, 0.05) is 18.5 Å². The van der Waals surface area contributed by atoms with Crippen molar-refractivity contribution in [2.24, 2.45) is 5.92 Å². The zero-order chi connectivity index (χ0) is 11.3. The van der Waals surface area contributed by atoms with Crippen molar-refractivity contribution >= 4 is 29.2 Å². The van der Waals surface area contributed by atoms with E-state index in [9.17, 15) is 5.11 Å². The fraction of sp³-hybridized carbons (Fsp3) is 0.600.